The summed E-state index contributed by atoms with van der Waals surface area (Å²) in [6, 6.07) is 0. The molecule has 0 spiro atoms. The monoisotopic (exact) mass is 187 g/mol. The van der Waals surface area contributed by atoms with E-state index in [-0.39, 0.29) is 56.7 Å². The standard InChI is InChI=1S/C2H5.H2O.V.Y/c1-2;;;/h1H2,2H3;1H2;;/q-1;;;. The second kappa shape index (κ2) is 44.9. The van der Waals surface area contributed by atoms with Crippen LogP contribution in [0.1, 0.15) is 6.92 Å². The minimum atomic E-state index is 0. The van der Waals surface area contributed by atoms with Gasteiger partial charge in [0.15, 0.2) is 0 Å². The molecule has 0 aromatic rings. The van der Waals surface area contributed by atoms with Gasteiger partial charge in [0.25, 0.3) is 0 Å². The third kappa shape index (κ3) is 27.7. The van der Waals surface area contributed by atoms with Crippen molar-refractivity contribution in [1.29, 1.82) is 0 Å². The molecular weight excluding hydrogens is 180 g/mol. The van der Waals surface area contributed by atoms with Crippen LogP contribution < -0.4 is 0 Å². The van der Waals surface area contributed by atoms with E-state index in [0.29, 0.717) is 0 Å². The summed E-state index contributed by atoms with van der Waals surface area (Å²) >= 11 is 0. The third-order valence-corrected chi connectivity index (χ3v) is 0. The van der Waals surface area contributed by atoms with E-state index in [1.165, 1.54) is 0 Å². The molecule has 0 aliphatic rings. The molecule has 0 aliphatic carbocycles. The summed E-state index contributed by atoms with van der Waals surface area (Å²) in [5.41, 5.74) is 0. The Bertz CT molecular complexity index is 9.61. The summed E-state index contributed by atoms with van der Waals surface area (Å²) in [7, 11) is 0. The molecule has 30 valence electrons. The first-order valence-corrected chi connectivity index (χ1v) is 0.707. The van der Waals surface area contributed by atoms with Gasteiger partial charge in [-0.2, -0.15) is 6.92 Å². The van der Waals surface area contributed by atoms with Gasteiger partial charge in [-0.15, -0.1) is 0 Å². The fourth-order valence-corrected chi connectivity index (χ4v) is 0. The molecule has 0 unspecified atom stereocenters. The van der Waals surface area contributed by atoms with Crippen LogP contribution in [0.5, 0.6) is 0 Å². The Labute approximate surface area is 70.0 Å². The summed E-state index contributed by atoms with van der Waals surface area (Å²) in [5, 5.41) is 0. The largest absolute Gasteiger partial charge is 0.412 e. The average molecular weight is 187 g/mol. The smallest absolute Gasteiger partial charge is 0 e. The van der Waals surface area contributed by atoms with E-state index in [9.17, 15) is 0 Å². The van der Waals surface area contributed by atoms with Gasteiger partial charge >= 0.3 is 0 Å². The van der Waals surface area contributed by atoms with E-state index in [1.807, 2.05) is 0 Å². The molecule has 0 saturated heterocycles. The molecule has 0 fully saturated rings. The van der Waals surface area contributed by atoms with Crippen molar-refractivity contribution in [2.75, 3.05) is 0 Å². The SMILES string of the molecule is O.[CH2-]C.[V].[Y]. The Morgan fingerprint density at radius 3 is 1.20 bits per heavy atom. The van der Waals surface area contributed by atoms with Crippen LogP contribution in [0.25, 0.3) is 0 Å². The second-order valence-corrected chi connectivity index (χ2v) is 0. The van der Waals surface area contributed by atoms with Gasteiger partial charge in [-0.05, 0) is 0 Å². The van der Waals surface area contributed by atoms with Gasteiger partial charge in [0.1, 0.15) is 0 Å². The third-order valence-electron chi connectivity index (χ3n) is 0. The van der Waals surface area contributed by atoms with Crippen molar-refractivity contribution in [3.8, 4) is 0 Å². The van der Waals surface area contributed by atoms with Crippen LogP contribution in [-0.2, 0) is 51.3 Å². The minimum absolute atomic E-state index is 0. The number of rotatable bonds is 0. The molecule has 0 amide bonds. The van der Waals surface area contributed by atoms with E-state index in [4.69, 9.17) is 0 Å². The zero-order valence-corrected chi connectivity index (χ0v) is 7.47. The molecule has 0 aromatic heterocycles. The summed E-state index contributed by atoms with van der Waals surface area (Å²) in [6.45, 7) is 5.00. The molecular formula is C2H7OVY-. The first-order chi connectivity index (χ1) is 1.00. The van der Waals surface area contributed by atoms with E-state index in [2.05, 4.69) is 6.92 Å². The Kier molecular flexibility index (Phi) is 272. The molecule has 2 radical (unpaired) electrons. The summed E-state index contributed by atoms with van der Waals surface area (Å²) in [6.07, 6.45) is 0. The number of hydrogen-bond donors (Lipinski definition) is 0. The summed E-state index contributed by atoms with van der Waals surface area (Å²) in [4.78, 5) is 0. The van der Waals surface area contributed by atoms with Crippen LogP contribution in [0, 0.1) is 6.92 Å². The second-order valence-electron chi connectivity index (χ2n) is 0. The normalized spacial score (nSPS) is 1.20. The fraction of sp³-hybridized carbons (Fsp3) is 0.500. The van der Waals surface area contributed by atoms with Gasteiger partial charge in [-0.25, -0.2) is 0 Å². The predicted octanol–water partition coefficient (Wildman–Crippen LogP) is 0.0107. The first kappa shape index (κ1) is 30.2. The van der Waals surface area contributed by atoms with Crippen LogP contribution in [0.2, 0.25) is 0 Å². The van der Waals surface area contributed by atoms with Crippen molar-refractivity contribution in [1.82, 2.24) is 0 Å². The van der Waals surface area contributed by atoms with E-state index < -0.39 is 0 Å². The average Bonchev–Trinajstić information content (AvgIpc) is 1.00. The van der Waals surface area contributed by atoms with Crippen molar-refractivity contribution in [3.05, 3.63) is 6.92 Å². The van der Waals surface area contributed by atoms with Gasteiger partial charge < -0.3 is 12.4 Å². The molecule has 1 nitrogen and oxygen atoms in total. The minimum Gasteiger partial charge on any atom is -0.412 e. The molecule has 0 rings (SSSR count). The number of hydrogen-bond acceptors (Lipinski definition) is 0. The van der Waals surface area contributed by atoms with Crippen molar-refractivity contribution in [2.24, 2.45) is 0 Å². The van der Waals surface area contributed by atoms with Crippen LogP contribution in [-0.4, -0.2) is 5.48 Å². The van der Waals surface area contributed by atoms with E-state index >= 15 is 0 Å². The maximum atomic E-state index is 3.25. The molecule has 0 bridgehead atoms. The van der Waals surface area contributed by atoms with Gasteiger partial charge in [0.05, 0.1) is 0 Å². The summed E-state index contributed by atoms with van der Waals surface area (Å²) in [5.74, 6) is 0. The molecule has 0 aromatic carbocycles. The molecule has 3 heteroatoms. The molecule has 0 heterocycles. The van der Waals surface area contributed by atoms with Gasteiger partial charge in [-0.1, -0.05) is 0 Å². The van der Waals surface area contributed by atoms with E-state index in [1.54, 1.807) is 6.92 Å². The van der Waals surface area contributed by atoms with Crippen LogP contribution >= 0.6 is 0 Å². The van der Waals surface area contributed by atoms with Crippen molar-refractivity contribution >= 4 is 0 Å². The van der Waals surface area contributed by atoms with Crippen molar-refractivity contribution < 1.29 is 56.7 Å². The quantitative estimate of drug-likeness (QED) is 0.478. The molecule has 2 N–H and O–H groups in total. The zero-order chi connectivity index (χ0) is 2.00. The molecule has 0 atom stereocenters. The summed E-state index contributed by atoms with van der Waals surface area (Å²) < 4.78 is 0. The Morgan fingerprint density at radius 1 is 1.20 bits per heavy atom. The van der Waals surface area contributed by atoms with Gasteiger partial charge in [-0.3, -0.25) is 0 Å². The van der Waals surface area contributed by atoms with Crippen LogP contribution in [0.15, 0.2) is 0 Å². The maximum Gasteiger partial charge on any atom is 0 e. The molecule has 5 heavy (non-hydrogen) atoms. The van der Waals surface area contributed by atoms with E-state index in [0.717, 1.165) is 0 Å². The predicted molar refractivity (Wildman–Crippen MR) is 14.6 cm³/mol. The van der Waals surface area contributed by atoms with Gasteiger partial charge in [0.2, 0.25) is 0 Å². The Morgan fingerprint density at radius 2 is 1.20 bits per heavy atom. The van der Waals surface area contributed by atoms with Crippen LogP contribution in [0.4, 0.5) is 0 Å². The topological polar surface area (TPSA) is 31.5 Å². The molecule has 0 aliphatic heterocycles. The zero-order valence-electron chi connectivity index (χ0n) is 3.23. The Hall–Kier alpha value is 1.65. The van der Waals surface area contributed by atoms with Gasteiger partial charge in [0, 0.05) is 51.3 Å². The first-order valence-electron chi connectivity index (χ1n) is 0.707. The van der Waals surface area contributed by atoms with Crippen LogP contribution in [0.3, 0.4) is 0 Å². The fourth-order valence-electron chi connectivity index (χ4n) is 0. The van der Waals surface area contributed by atoms with Crippen molar-refractivity contribution in [2.45, 2.75) is 6.92 Å². The molecule has 0 saturated carbocycles. The Balaban J connectivity index is -0.00000000167. The maximum absolute atomic E-state index is 3.25. The van der Waals surface area contributed by atoms with Crippen molar-refractivity contribution in [3.63, 3.8) is 0 Å².